The minimum absolute atomic E-state index is 0.257. The van der Waals surface area contributed by atoms with Crippen molar-refractivity contribution in [2.24, 2.45) is 5.92 Å². The lowest BCUT2D eigenvalue weighted by Crippen LogP contribution is -2.02. The van der Waals surface area contributed by atoms with Gasteiger partial charge in [-0.2, -0.15) is 0 Å². The van der Waals surface area contributed by atoms with Gasteiger partial charge in [-0.25, -0.2) is 9.97 Å². The van der Waals surface area contributed by atoms with Crippen LogP contribution in [0.4, 0.5) is 5.82 Å². The summed E-state index contributed by atoms with van der Waals surface area (Å²) < 4.78 is 14.2. The number of halogens is 1. The summed E-state index contributed by atoms with van der Waals surface area (Å²) in [6, 6.07) is 5.94. The second-order valence-corrected chi connectivity index (χ2v) is 9.39. The van der Waals surface area contributed by atoms with Crippen LogP contribution in [-0.4, -0.2) is 21.3 Å². The van der Waals surface area contributed by atoms with Crippen molar-refractivity contribution in [3.05, 3.63) is 28.9 Å². The molecule has 0 radical (unpaired) electrons. The molecule has 0 saturated carbocycles. The summed E-state index contributed by atoms with van der Waals surface area (Å²) in [5.74, 6) is 2.81. The first kappa shape index (κ1) is 21.3. The van der Waals surface area contributed by atoms with Crippen LogP contribution < -0.4 is 15.2 Å². The summed E-state index contributed by atoms with van der Waals surface area (Å²) in [6.45, 7) is 5.73. The zero-order chi connectivity index (χ0) is 21.1. The number of hydrogen-bond acceptors (Lipinski definition) is 6. The number of aryl methyl sites for hydroxylation is 1. The van der Waals surface area contributed by atoms with Crippen LogP contribution in [0.15, 0.2) is 38.9 Å². The van der Waals surface area contributed by atoms with Crippen LogP contribution in [0.1, 0.15) is 46.0 Å². The van der Waals surface area contributed by atoms with Gasteiger partial charge < -0.3 is 19.8 Å². The van der Waals surface area contributed by atoms with Crippen molar-refractivity contribution >= 4 is 44.5 Å². The lowest BCUT2D eigenvalue weighted by molar-refractivity contribution is 0.174. The smallest absolute Gasteiger partial charge is 0.231 e. The second kappa shape index (κ2) is 9.47. The van der Waals surface area contributed by atoms with Gasteiger partial charge >= 0.3 is 0 Å². The molecule has 160 valence electrons. The summed E-state index contributed by atoms with van der Waals surface area (Å²) in [6.07, 6.45) is 7.87. The van der Waals surface area contributed by atoms with Crippen LogP contribution in [0.25, 0.3) is 11.0 Å². The summed E-state index contributed by atoms with van der Waals surface area (Å²) in [7, 11) is 0. The second-order valence-electron chi connectivity index (χ2n) is 7.53. The highest BCUT2D eigenvalue weighted by atomic mass is 79.9. The van der Waals surface area contributed by atoms with Crippen molar-refractivity contribution in [3.63, 3.8) is 0 Å². The van der Waals surface area contributed by atoms with E-state index in [1.807, 2.05) is 18.2 Å². The molecule has 4 rings (SSSR count). The maximum absolute atomic E-state index is 6.12. The molecule has 0 amide bonds. The lowest BCUT2D eigenvalue weighted by atomic mass is 9.97. The third kappa shape index (κ3) is 4.39. The fraction of sp³-hybridized carbons (Fsp3) is 0.455. The van der Waals surface area contributed by atoms with Gasteiger partial charge in [-0.15, -0.1) is 0 Å². The number of hydrogen-bond donors (Lipinski definition) is 1. The SMILES string of the molecule is CCC(CC)CCCCn1c(Sc2cc3c(cc2Br)OCO3)nc2c(N)nccc21. The molecule has 1 aliphatic rings. The van der Waals surface area contributed by atoms with Gasteiger partial charge in [-0.1, -0.05) is 51.3 Å². The number of anilines is 1. The fourth-order valence-corrected chi connectivity index (χ4v) is 5.34. The number of ether oxygens (including phenoxy) is 2. The number of nitrogen functional groups attached to an aromatic ring is 1. The number of imidazole rings is 1. The Labute approximate surface area is 189 Å². The van der Waals surface area contributed by atoms with Crippen LogP contribution in [0.3, 0.4) is 0 Å². The van der Waals surface area contributed by atoms with Crippen molar-refractivity contribution in [2.45, 2.75) is 62.5 Å². The Hall–Kier alpha value is -1.93. The Kier molecular flexibility index (Phi) is 6.73. The molecule has 30 heavy (non-hydrogen) atoms. The summed E-state index contributed by atoms with van der Waals surface area (Å²) in [4.78, 5) is 10.1. The molecule has 2 aromatic heterocycles. The van der Waals surface area contributed by atoms with E-state index in [1.165, 1.54) is 25.7 Å². The highest BCUT2D eigenvalue weighted by molar-refractivity contribution is 9.10. The number of fused-ring (bicyclic) bond motifs is 2. The van der Waals surface area contributed by atoms with Crippen LogP contribution in [0.5, 0.6) is 11.5 Å². The van der Waals surface area contributed by atoms with Crippen molar-refractivity contribution < 1.29 is 9.47 Å². The maximum atomic E-state index is 6.12. The average Bonchev–Trinajstić information content (AvgIpc) is 3.33. The molecule has 2 N–H and O–H groups in total. The molecule has 6 nitrogen and oxygen atoms in total. The molecule has 1 aromatic carbocycles. The van der Waals surface area contributed by atoms with Gasteiger partial charge in [0.15, 0.2) is 22.5 Å². The van der Waals surface area contributed by atoms with Gasteiger partial charge in [0.25, 0.3) is 0 Å². The highest BCUT2D eigenvalue weighted by Gasteiger charge is 2.20. The summed E-state index contributed by atoms with van der Waals surface area (Å²) in [5, 5.41) is 0.909. The predicted octanol–water partition coefficient (Wildman–Crippen LogP) is 6.26. The van der Waals surface area contributed by atoms with E-state index in [1.54, 1.807) is 18.0 Å². The number of pyridine rings is 1. The van der Waals surface area contributed by atoms with Crippen molar-refractivity contribution in [2.75, 3.05) is 12.5 Å². The first-order chi connectivity index (χ1) is 14.6. The van der Waals surface area contributed by atoms with Crippen LogP contribution in [0, 0.1) is 5.92 Å². The standard InChI is InChI=1S/C22H27BrN4O2S/c1-3-14(4-2)7-5-6-10-27-16-8-9-25-21(24)20(16)26-22(27)30-19-12-18-17(11-15(19)23)28-13-29-18/h8-9,11-12,14H,3-7,10,13H2,1-2H3,(H2,24,25). The van der Waals surface area contributed by atoms with Gasteiger partial charge in [0.2, 0.25) is 6.79 Å². The minimum atomic E-state index is 0.257. The zero-order valence-electron chi connectivity index (χ0n) is 17.4. The third-order valence-electron chi connectivity index (χ3n) is 5.69. The first-order valence-corrected chi connectivity index (χ1v) is 12.1. The Morgan fingerprint density at radius 1 is 1.20 bits per heavy atom. The van der Waals surface area contributed by atoms with Crippen molar-refractivity contribution in [1.82, 2.24) is 14.5 Å². The van der Waals surface area contributed by atoms with Gasteiger partial charge in [-0.3, -0.25) is 0 Å². The van der Waals surface area contributed by atoms with Gasteiger partial charge in [-0.05, 0) is 46.5 Å². The number of aromatic nitrogens is 3. The van der Waals surface area contributed by atoms with E-state index in [4.69, 9.17) is 20.2 Å². The van der Waals surface area contributed by atoms with E-state index in [-0.39, 0.29) is 6.79 Å². The van der Waals surface area contributed by atoms with Gasteiger partial charge in [0, 0.05) is 22.1 Å². The maximum Gasteiger partial charge on any atom is 0.231 e. The molecular weight excluding hydrogens is 464 g/mol. The Morgan fingerprint density at radius 2 is 1.97 bits per heavy atom. The Balaban J connectivity index is 1.59. The van der Waals surface area contributed by atoms with E-state index >= 15 is 0 Å². The van der Waals surface area contributed by atoms with E-state index in [9.17, 15) is 0 Å². The average molecular weight is 491 g/mol. The molecule has 3 aromatic rings. The molecule has 0 unspecified atom stereocenters. The molecule has 0 saturated heterocycles. The molecule has 0 bridgehead atoms. The number of rotatable bonds is 9. The van der Waals surface area contributed by atoms with Crippen molar-refractivity contribution in [3.8, 4) is 11.5 Å². The van der Waals surface area contributed by atoms with Crippen LogP contribution >= 0.6 is 27.7 Å². The molecular formula is C22H27BrN4O2S. The van der Waals surface area contributed by atoms with Crippen molar-refractivity contribution in [1.29, 1.82) is 0 Å². The Bertz CT molecular complexity index is 1040. The number of nitrogens with two attached hydrogens (primary N) is 1. The van der Waals surface area contributed by atoms with Crippen LogP contribution in [-0.2, 0) is 6.54 Å². The van der Waals surface area contributed by atoms with E-state index in [0.717, 1.165) is 55.9 Å². The molecule has 1 aliphatic heterocycles. The van der Waals surface area contributed by atoms with Gasteiger partial charge in [0.05, 0.1) is 5.52 Å². The quantitative estimate of drug-likeness (QED) is 0.356. The monoisotopic (exact) mass is 490 g/mol. The third-order valence-corrected chi connectivity index (χ3v) is 7.66. The molecule has 0 aliphatic carbocycles. The number of benzene rings is 1. The van der Waals surface area contributed by atoms with E-state index < -0.39 is 0 Å². The largest absolute Gasteiger partial charge is 0.454 e. The Morgan fingerprint density at radius 3 is 2.73 bits per heavy atom. The van der Waals surface area contributed by atoms with Crippen LogP contribution in [0.2, 0.25) is 0 Å². The topological polar surface area (TPSA) is 75.2 Å². The minimum Gasteiger partial charge on any atom is -0.454 e. The molecule has 8 heteroatoms. The van der Waals surface area contributed by atoms with E-state index in [2.05, 4.69) is 39.3 Å². The molecule has 0 fully saturated rings. The normalized spacial score (nSPS) is 12.9. The molecule has 0 atom stereocenters. The zero-order valence-corrected chi connectivity index (χ0v) is 19.8. The summed E-state index contributed by atoms with van der Waals surface area (Å²) in [5.41, 5.74) is 7.92. The van der Waals surface area contributed by atoms with E-state index in [0.29, 0.717) is 5.82 Å². The fourth-order valence-electron chi connectivity index (χ4n) is 3.82. The summed E-state index contributed by atoms with van der Waals surface area (Å²) >= 11 is 5.26. The lowest BCUT2D eigenvalue weighted by Gasteiger charge is -2.13. The number of nitrogens with zero attached hydrogens (tertiary/aromatic N) is 3. The predicted molar refractivity (Wildman–Crippen MR) is 124 cm³/mol. The van der Waals surface area contributed by atoms with Gasteiger partial charge in [0.1, 0.15) is 5.52 Å². The highest BCUT2D eigenvalue weighted by Crippen LogP contribution is 2.43. The molecule has 0 spiro atoms. The first-order valence-electron chi connectivity index (χ1n) is 10.5. The molecule has 3 heterocycles. The number of unbranched alkanes of at least 4 members (excludes halogenated alkanes) is 1.